The highest BCUT2D eigenvalue weighted by Crippen LogP contribution is 2.30. The average Bonchev–Trinajstić information content (AvgIpc) is 3.60. The smallest absolute Gasteiger partial charge is 0.228 e. The maximum absolute atomic E-state index is 12.0. The molecular weight excluding hydrogens is 366 g/mol. The highest BCUT2D eigenvalue weighted by Gasteiger charge is 2.29. The van der Waals surface area contributed by atoms with Crippen LogP contribution in [0.1, 0.15) is 18.4 Å². The Labute approximate surface area is 169 Å². The van der Waals surface area contributed by atoms with Crippen molar-refractivity contribution in [3.8, 4) is 11.3 Å². The monoisotopic (exact) mass is 389 g/mol. The van der Waals surface area contributed by atoms with Crippen molar-refractivity contribution in [1.29, 1.82) is 0 Å². The largest absolute Gasteiger partial charge is 0.379 e. The minimum atomic E-state index is 0.0612. The van der Waals surface area contributed by atoms with Crippen molar-refractivity contribution in [2.75, 3.05) is 31.6 Å². The van der Waals surface area contributed by atoms with E-state index >= 15 is 0 Å². The minimum absolute atomic E-state index is 0.0612. The minimum Gasteiger partial charge on any atom is -0.379 e. The van der Waals surface area contributed by atoms with Gasteiger partial charge in [0.25, 0.3) is 0 Å². The van der Waals surface area contributed by atoms with Gasteiger partial charge in [-0.25, -0.2) is 4.98 Å². The van der Waals surface area contributed by atoms with E-state index in [2.05, 4.69) is 31.2 Å². The molecule has 7 nitrogen and oxygen atoms in total. The highest BCUT2D eigenvalue weighted by atomic mass is 16.5. The van der Waals surface area contributed by atoms with E-state index in [1.54, 1.807) is 6.20 Å². The second-order valence-electron chi connectivity index (χ2n) is 7.72. The average molecular weight is 389 g/mol. The predicted molar refractivity (Wildman–Crippen MR) is 110 cm³/mol. The van der Waals surface area contributed by atoms with Gasteiger partial charge in [0.2, 0.25) is 5.91 Å². The fourth-order valence-corrected chi connectivity index (χ4v) is 3.57. The number of ether oxygens (including phenoxy) is 1. The summed E-state index contributed by atoms with van der Waals surface area (Å²) in [5, 5.41) is 4.85. The molecule has 0 atom stereocenters. The third-order valence-electron chi connectivity index (χ3n) is 5.40. The molecule has 2 fully saturated rings. The van der Waals surface area contributed by atoms with Gasteiger partial charge in [-0.3, -0.25) is 19.7 Å². The number of nitrogens with one attached hydrogen (secondary N) is 1. The number of carbonyl (C=O) groups is 1. The molecule has 148 valence electrons. The molecule has 1 aliphatic carbocycles. The number of hydrogen-bond donors (Lipinski definition) is 1. The lowest BCUT2D eigenvalue weighted by atomic mass is 10.1. The first-order valence-corrected chi connectivity index (χ1v) is 10.1. The number of anilines is 1. The van der Waals surface area contributed by atoms with E-state index < -0.39 is 0 Å². The Morgan fingerprint density at radius 1 is 1.03 bits per heavy atom. The Morgan fingerprint density at radius 2 is 1.86 bits per heavy atom. The zero-order valence-electron chi connectivity index (χ0n) is 16.2. The molecule has 1 saturated carbocycles. The molecular formula is C22H23N5O2. The Bertz CT molecular complexity index is 1040. The number of aromatic nitrogens is 3. The van der Waals surface area contributed by atoms with E-state index in [0.717, 1.165) is 67.7 Å². The van der Waals surface area contributed by atoms with E-state index in [1.807, 2.05) is 30.7 Å². The van der Waals surface area contributed by atoms with Crippen LogP contribution in [0.25, 0.3) is 22.0 Å². The van der Waals surface area contributed by atoms with Crippen LogP contribution in [0.4, 0.5) is 5.82 Å². The molecule has 5 rings (SSSR count). The molecule has 4 heterocycles. The fraction of sp³-hybridized carbons (Fsp3) is 0.364. The first kappa shape index (κ1) is 18.1. The molecule has 0 bridgehead atoms. The van der Waals surface area contributed by atoms with Gasteiger partial charge in [0.1, 0.15) is 5.82 Å². The standard InChI is InChI=1S/C22H23N5O2/c28-22(16-1-2-16)26-21-9-17-8-20(24-12-19(17)13-25-21)18-7-15(10-23-11-18)14-27-3-5-29-6-4-27/h7-13,16H,1-6,14H2,(H,25,26,28). The van der Waals surface area contributed by atoms with Crippen LogP contribution in [0.2, 0.25) is 0 Å². The molecule has 0 unspecified atom stereocenters. The third-order valence-corrected chi connectivity index (χ3v) is 5.40. The molecule has 1 N–H and O–H groups in total. The van der Waals surface area contributed by atoms with Crippen LogP contribution in [0.15, 0.2) is 43.0 Å². The summed E-state index contributed by atoms with van der Waals surface area (Å²) < 4.78 is 5.42. The zero-order valence-corrected chi connectivity index (χ0v) is 16.2. The topological polar surface area (TPSA) is 80.2 Å². The van der Waals surface area contributed by atoms with Crippen molar-refractivity contribution in [2.24, 2.45) is 5.92 Å². The summed E-state index contributed by atoms with van der Waals surface area (Å²) in [6, 6.07) is 6.08. The lowest BCUT2D eigenvalue weighted by molar-refractivity contribution is -0.117. The van der Waals surface area contributed by atoms with Gasteiger partial charge in [-0.2, -0.15) is 0 Å². The molecule has 3 aromatic rings. The summed E-state index contributed by atoms with van der Waals surface area (Å²) >= 11 is 0. The van der Waals surface area contributed by atoms with Crippen molar-refractivity contribution in [2.45, 2.75) is 19.4 Å². The molecule has 0 radical (unpaired) electrons. The number of carbonyl (C=O) groups excluding carboxylic acids is 1. The van der Waals surface area contributed by atoms with E-state index in [9.17, 15) is 4.79 Å². The summed E-state index contributed by atoms with van der Waals surface area (Å²) in [6.45, 7) is 4.32. The predicted octanol–water partition coefficient (Wildman–Crippen LogP) is 2.87. The van der Waals surface area contributed by atoms with E-state index in [4.69, 9.17) is 4.74 Å². The van der Waals surface area contributed by atoms with Crippen LogP contribution in [-0.4, -0.2) is 52.1 Å². The third kappa shape index (κ3) is 4.26. The second kappa shape index (κ2) is 7.85. The molecule has 2 aliphatic rings. The molecule has 0 spiro atoms. The molecule has 1 saturated heterocycles. The van der Waals surface area contributed by atoms with Gasteiger partial charge in [0.05, 0.1) is 18.9 Å². The number of rotatable bonds is 5. The van der Waals surface area contributed by atoms with E-state index in [-0.39, 0.29) is 11.8 Å². The van der Waals surface area contributed by atoms with Crippen molar-refractivity contribution >= 4 is 22.5 Å². The molecule has 3 aromatic heterocycles. The van der Waals surface area contributed by atoms with Gasteiger partial charge in [-0.15, -0.1) is 0 Å². The van der Waals surface area contributed by atoms with Crippen LogP contribution in [0.5, 0.6) is 0 Å². The molecule has 7 heteroatoms. The van der Waals surface area contributed by atoms with Crippen molar-refractivity contribution in [3.05, 3.63) is 48.5 Å². The molecule has 1 amide bonds. The maximum atomic E-state index is 12.0. The van der Waals surface area contributed by atoms with E-state index in [1.165, 1.54) is 5.56 Å². The van der Waals surface area contributed by atoms with Crippen LogP contribution >= 0.6 is 0 Å². The lowest BCUT2D eigenvalue weighted by Crippen LogP contribution is -2.35. The number of hydrogen-bond acceptors (Lipinski definition) is 6. The molecule has 1 aliphatic heterocycles. The second-order valence-corrected chi connectivity index (χ2v) is 7.72. The van der Waals surface area contributed by atoms with Crippen molar-refractivity contribution < 1.29 is 9.53 Å². The van der Waals surface area contributed by atoms with E-state index in [0.29, 0.717) is 5.82 Å². The first-order chi connectivity index (χ1) is 14.2. The van der Waals surface area contributed by atoms with Crippen LogP contribution in [0.3, 0.4) is 0 Å². The number of amides is 1. The van der Waals surface area contributed by atoms with Gasteiger partial charge in [-0.1, -0.05) is 0 Å². The highest BCUT2D eigenvalue weighted by molar-refractivity contribution is 5.95. The maximum Gasteiger partial charge on any atom is 0.228 e. The molecule has 0 aromatic carbocycles. The summed E-state index contributed by atoms with van der Waals surface area (Å²) in [6.07, 6.45) is 9.27. The van der Waals surface area contributed by atoms with Crippen molar-refractivity contribution in [1.82, 2.24) is 19.9 Å². The fourth-order valence-electron chi connectivity index (χ4n) is 3.57. The Balaban J connectivity index is 1.38. The van der Waals surface area contributed by atoms with Gasteiger partial charge in [-0.05, 0) is 42.0 Å². The van der Waals surface area contributed by atoms with Gasteiger partial charge >= 0.3 is 0 Å². The molecule has 29 heavy (non-hydrogen) atoms. The van der Waals surface area contributed by atoms with Gasteiger partial charge < -0.3 is 10.1 Å². The lowest BCUT2D eigenvalue weighted by Gasteiger charge is -2.26. The number of morpholine rings is 1. The first-order valence-electron chi connectivity index (χ1n) is 10.1. The summed E-state index contributed by atoms with van der Waals surface area (Å²) in [4.78, 5) is 27.7. The number of pyridine rings is 3. The van der Waals surface area contributed by atoms with Crippen molar-refractivity contribution in [3.63, 3.8) is 0 Å². The summed E-state index contributed by atoms with van der Waals surface area (Å²) in [7, 11) is 0. The Kier molecular flexibility index (Phi) is 4.91. The van der Waals surface area contributed by atoms with Crippen LogP contribution in [-0.2, 0) is 16.1 Å². The summed E-state index contributed by atoms with van der Waals surface area (Å²) in [5.41, 5.74) is 3.01. The van der Waals surface area contributed by atoms with Crippen LogP contribution in [0, 0.1) is 5.92 Å². The van der Waals surface area contributed by atoms with Gasteiger partial charge in [0.15, 0.2) is 0 Å². The normalized spacial score (nSPS) is 17.4. The number of fused-ring (bicyclic) bond motifs is 1. The Morgan fingerprint density at radius 3 is 2.69 bits per heavy atom. The van der Waals surface area contributed by atoms with Crippen LogP contribution < -0.4 is 5.32 Å². The SMILES string of the molecule is O=C(Nc1cc2cc(-c3cncc(CN4CCOCC4)c3)ncc2cn1)C1CC1. The quantitative estimate of drug-likeness (QED) is 0.723. The number of nitrogens with zero attached hydrogens (tertiary/aromatic N) is 4. The summed E-state index contributed by atoms with van der Waals surface area (Å²) in [5.74, 6) is 0.803. The Hall–Kier alpha value is -2.90. The zero-order chi connectivity index (χ0) is 19.6. The van der Waals surface area contributed by atoms with Gasteiger partial charge in [0, 0.05) is 61.3 Å².